The van der Waals surface area contributed by atoms with Crippen LogP contribution in [0.15, 0.2) is 12.3 Å². The van der Waals surface area contributed by atoms with Crippen molar-refractivity contribution in [1.82, 2.24) is 4.98 Å². The molecule has 2 rings (SSSR count). The second kappa shape index (κ2) is 4.70. The van der Waals surface area contributed by atoms with Crippen molar-refractivity contribution in [1.29, 1.82) is 0 Å². The zero-order valence-corrected chi connectivity index (χ0v) is 9.66. The van der Waals surface area contributed by atoms with Gasteiger partial charge in [0.25, 0.3) is 0 Å². The molecule has 1 aromatic heterocycles. The molecule has 0 aromatic carbocycles. The van der Waals surface area contributed by atoms with E-state index in [1.807, 2.05) is 0 Å². The van der Waals surface area contributed by atoms with E-state index < -0.39 is 0 Å². The molecule has 0 aliphatic carbocycles. The van der Waals surface area contributed by atoms with Crippen molar-refractivity contribution in [3.63, 3.8) is 0 Å². The summed E-state index contributed by atoms with van der Waals surface area (Å²) in [5.74, 6) is 0.534. The predicted molar refractivity (Wildman–Crippen MR) is 58.7 cm³/mol. The molecule has 86 valence electrons. The molecule has 0 saturated carbocycles. The van der Waals surface area contributed by atoms with Crippen LogP contribution in [0.25, 0.3) is 0 Å². The summed E-state index contributed by atoms with van der Waals surface area (Å²) in [4.78, 5) is 15.3. The zero-order valence-electron chi connectivity index (χ0n) is 8.90. The minimum Gasteiger partial charge on any atom is -0.492 e. The highest BCUT2D eigenvalue weighted by Crippen LogP contribution is 2.36. The number of hydrogen-bond acceptors (Lipinski definition) is 4. The Hall–Kier alpha value is -1.29. The number of fused-ring (bicyclic) bond motifs is 1. The molecule has 1 aliphatic heterocycles. The summed E-state index contributed by atoms with van der Waals surface area (Å²) in [6.45, 7) is 2.67. The van der Waals surface area contributed by atoms with Crippen molar-refractivity contribution in [2.45, 2.75) is 19.3 Å². The average molecular weight is 242 g/mol. The molecule has 1 atom stereocenters. The molecule has 1 aliphatic rings. The molecule has 0 amide bonds. The standard InChI is InChI=1S/C11H12ClNO3/c1-2-15-11(14)3-7-6-16-9-4-10(12)13-5-8(7)9/h4-5,7H,2-3,6H2,1H3/t7-/m1/s1. The predicted octanol–water partition coefficient (Wildman–Crippen LogP) is 2.16. The number of pyridine rings is 1. The fourth-order valence-corrected chi connectivity index (χ4v) is 1.87. The Balaban J connectivity index is 2.09. The van der Waals surface area contributed by atoms with Crippen molar-refractivity contribution in [2.75, 3.05) is 13.2 Å². The van der Waals surface area contributed by atoms with Crippen LogP contribution in [0.2, 0.25) is 5.15 Å². The molecule has 0 bridgehead atoms. The van der Waals surface area contributed by atoms with Crippen LogP contribution in [-0.4, -0.2) is 24.2 Å². The molecular weight excluding hydrogens is 230 g/mol. The van der Waals surface area contributed by atoms with Crippen LogP contribution in [0.3, 0.4) is 0 Å². The molecule has 2 heterocycles. The SMILES string of the molecule is CCOC(=O)C[C@@H]1COc2cc(Cl)ncc21. The Morgan fingerprint density at radius 1 is 1.75 bits per heavy atom. The Labute approximate surface area is 98.5 Å². The van der Waals surface area contributed by atoms with Crippen LogP contribution >= 0.6 is 11.6 Å². The first-order valence-electron chi connectivity index (χ1n) is 5.14. The van der Waals surface area contributed by atoms with Gasteiger partial charge in [0.2, 0.25) is 0 Å². The van der Waals surface area contributed by atoms with Gasteiger partial charge in [-0.3, -0.25) is 4.79 Å². The third kappa shape index (κ3) is 2.27. The van der Waals surface area contributed by atoms with E-state index in [0.717, 1.165) is 5.56 Å². The van der Waals surface area contributed by atoms with Gasteiger partial charge < -0.3 is 9.47 Å². The van der Waals surface area contributed by atoms with Crippen molar-refractivity contribution in [3.8, 4) is 5.75 Å². The summed E-state index contributed by atoms with van der Waals surface area (Å²) in [6.07, 6.45) is 1.98. The molecule has 0 unspecified atom stereocenters. The highest BCUT2D eigenvalue weighted by atomic mass is 35.5. The highest BCUT2D eigenvalue weighted by molar-refractivity contribution is 6.29. The number of halogens is 1. The van der Waals surface area contributed by atoms with E-state index >= 15 is 0 Å². The Morgan fingerprint density at radius 2 is 2.56 bits per heavy atom. The Kier molecular flexibility index (Phi) is 3.29. The highest BCUT2D eigenvalue weighted by Gasteiger charge is 2.27. The van der Waals surface area contributed by atoms with Crippen LogP contribution in [0.5, 0.6) is 5.75 Å². The van der Waals surface area contributed by atoms with Crippen LogP contribution in [0, 0.1) is 0 Å². The summed E-state index contributed by atoms with van der Waals surface area (Å²) >= 11 is 5.74. The summed E-state index contributed by atoms with van der Waals surface area (Å²) < 4.78 is 10.3. The number of carbonyl (C=O) groups is 1. The second-order valence-corrected chi connectivity index (χ2v) is 3.95. The van der Waals surface area contributed by atoms with Gasteiger partial charge in [-0.25, -0.2) is 4.98 Å². The van der Waals surface area contributed by atoms with E-state index in [1.165, 1.54) is 0 Å². The molecule has 0 N–H and O–H groups in total. The molecule has 0 fully saturated rings. The third-order valence-electron chi connectivity index (χ3n) is 2.46. The maximum Gasteiger partial charge on any atom is 0.306 e. The molecule has 1 aromatic rings. The molecule has 4 nitrogen and oxygen atoms in total. The van der Waals surface area contributed by atoms with Gasteiger partial charge in [-0.1, -0.05) is 11.6 Å². The zero-order chi connectivity index (χ0) is 11.5. The monoisotopic (exact) mass is 241 g/mol. The van der Waals surface area contributed by atoms with Crippen LogP contribution in [0.4, 0.5) is 0 Å². The van der Waals surface area contributed by atoms with Gasteiger partial charge in [-0.15, -0.1) is 0 Å². The van der Waals surface area contributed by atoms with Gasteiger partial charge in [0.05, 0.1) is 19.6 Å². The summed E-state index contributed by atoms with van der Waals surface area (Å²) in [6, 6.07) is 1.67. The lowest BCUT2D eigenvalue weighted by atomic mass is 10.00. The first-order valence-corrected chi connectivity index (χ1v) is 5.52. The molecular formula is C11H12ClNO3. The van der Waals surface area contributed by atoms with Crippen LogP contribution < -0.4 is 4.74 Å². The van der Waals surface area contributed by atoms with E-state index in [2.05, 4.69) is 4.98 Å². The largest absolute Gasteiger partial charge is 0.492 e. The van der Waals surface area contributed by atoms with Crippen molar-refractivity contribution < 1.29 is 14.3 Å². The van der Waals surface area contributed by atoms with E-state index in [-0.39, 0.29) is 11.9 Å². The first-order chi connectivity index (χ1) is 7.70. The summed E-state index contributed by atoms with van der Waals surface area (Å²) in [7, 11) is 0. The van der Waals surface area contributed by atoms with E-state index in [1.54, 1.807) is 19.2 Å². The van der Waals surface area contributed by atoms with Crippen LogP contribution in [0.1, 0.15) is 24.8 Å². The maximum atomic E-state index is 11.4. The number of aromatic nitrogens is 1. The fourth-order valence-electron chi connectivity index (χ4n) is 1.73. The molecule has 0 spiro atoms. The van der Waals surface area contributed by atoms with Crippen LogP contribution in [-0.2, 0) is 9.53 Å². The van der Waals surface area contributed by atoms with Gasteiger partial charge in [-0.2, -0.15) is 0 Å². The molecule has 0 radical (unpaired) electrons. The van der Waals surface area contributed by atoms with Gasteiger partial charge in [0.1, 0.15) is 10.9 Å². The number of hydrogen-bond donors (Lipinski definition) is 0. The van der Waals surface area contributed by atoms with Gasteiger partial charge >= 0.3 is 5.97 Å². The number of carbonyl (C=O) groups excluding carboxylic acids is 1. The minimum absolute atomic E-state index is 0.0267. The smallest absolute Gasteiger partial charge is 0.306 e. The normalized spacial score (nSPS) is 17.8. The number of rotatable bonds is 3. The number of esters is 1. The number of nitrogens with zero attached hydrogens (tertiary/aromatic N) is 1. The van der Waals surface area contributed by atoms with E-state index in [9.17, 15) is 4.79 Å². The number of ether oxygens (including phenoxy) is 2. The summed E-state index contributed by atoms with van der Waals surface area (Å²) in [5.41, 5.74) is 0.928. The third-order valence-corrected chi connectivity index (χ3v) is 2.67. The van der Waals surface area contributed by atoms with Gasteiger partial charge in [-0.05, 0) is 6.92 Å². The topological polar surface area (TPSA) is 48.4 Å². The van der Waals surface area contributed by atoms with E-state index in [0.29, 0.717) is 30.5 Å². The second-order valence-electron chi connectivity index (χ2n) is 3.56. The molecule has 5 heteroatoms. The van der Waals surface area contributed by atoms with E-state index in [4.69, 9.17) is 21.1 Å². The lowest BCUT2D eigenvalue weighted by molar-refractivity contribution is -0.143. The fraction of sp³-hybridized carbons (Fsp3) is 0.455. The Bertz CT molecular complexity index is 408. The van der Waals surface area contributed by atoms with Crippen molar-refractivity contribution in [3.05, 3.63) is 23.0 Å². The van der Waals surface area contributed by atoms with Gasteiger partial charge in [0.15, 0.2) is 0 Å². The minimum atomic E-state index is -0.209. The first kappa shape index (κ1) is 11.2. The summed E-state index contributed by atoms with van der Waals surface area (Å²) in [5, 5.41) is 0.399. The lowest BCUT2D eigenvalue weighted by Crippen LogP contribution is -2.11. The van der Waals surface area contributed by atoms with Crippen molar-refractivity contribution >= 4 is 17.6 Å². The lowest BCUT2D eigenvalue weighted by Gasteiger charge is -2.07. The molecule has 0 saturated heterocycles. The quantitative estimate of drug-likeness (QED) is 0.601. The van der Waals surface area contributed by atoms with Gasteiger partial charge in [0, 0.05) is 23.7 Å². The maximum absolute atomic E-state index is 11.4. The Morgan fingerprint density at radius 3 is 3.31 bits per heavy atom. The molecule has 16 heavy (non-hydrogen) atoms. The average Bonchev–Trinajstić information content (AvgIpc) is 2.61. The van der Waals surface area contributed by atoms with Crippen molar-refractivity contribution in [2.24, 2.45) is 0 Å².